The van der Waals surface area contributed by atoms with Gasteiger partial charge in [-0.15, -0.1) is 0 Å². The predicted molar refractivity (Wildman–Crippen MR) is 64.3 cm³/mol. The summed E-state index contributed by atoms with van der Waals surface area (Å²) in [6.07, 6.45) is -3.34. The number of halogens is 3. The fourth-order valence-corrected chi connectivity index (χ4v) is 1.73. The Morgan fingerprint density at radius 2 is 1.74 bits per heavy atom. The van der Waals surface area contributed by atoms with Gasteiger partial charge in [-0.25, -0.2) is 0 Å². The Kier molecular flexibility index (Phi) is 3.85. The van der Waals surface area contributed by atoms with Gasteiger partial charge in [-0.2, -0.15) is 13.2 Å². The lowest BCUT2D eigenvalue weighted by atomic mass is 10.0. The minimum atomic E-state index is -4.36. The molecule has 0 fully saturated rings. The van der Waals surface area contributed by atoms with E-state index >= 15 is 0 Å². The number of aliphatic hydroxyl groups excluding tert-OH is 1. The van der Waals surface area contributed by atoms with Crippen molar-refractivity contribution in [2.24, 2.45) is 0 Å². The first-order chi connectivity index (χ1) is 8.97. The van der Waals surface area contributed by atoms with Gasteiger partial charge in [0, 0.05) is 18.3 Å². The van der Waals surface area contributed by atoms with Crippen molar-refractivity contribution in [3.05, 3.63) is 65.5 Å². The summed E-state index contributed by atoms with van der Waals surface area (Å²) in [5.41, 5.74) is 0.412. The number of aliphatic hydroxyl groups is 1. The average molecular weight is 267 g/mol. The maximum atomic E-state index is 12.4. The normalized spacial score (nSPS) is 13.3. The topological polar surface area (TPSA) is 33.1 Å². The van der Waals surface area contributed by atoms with E-state index in [-0.39, 0.29) is 6.42 Å². The number of rotatable bonds is 3. The van der Waals surface area contributed by atoms with E-state index in [1.54, 1.807) is 24.4 Å². The van der Waals surface area contributed by atoms with Gasteiger partial charge in [0.1, 0.15) is 0 Å². The molecule has 1 heterocycles. The first-order valence-electron chi connectivity index (χ1n) is 5.72. The average Bonchev–Trinajstić information content (AvgIpc) is 2.39. The van der Waals surface area contributed by atoms with Crippen LogP contribution < -0.4 is 0 Å². The third-order valence-corrected chi connectivity index (χ3v) is 2.75. The highest BCUT2D eigenvalue weighted by atomic mass is 19.4. The molecule has 19 heavy (non-hydrogen) atoms. The van der Waals surface area contributed by atoms with Gasteiger partial charge in [0.15, 0.2) is 0 Å². The first-order valence-corrected chi connectivity index (χ1v) is 5.72. The molecule has 1 atom stereocenters. The zero-order valence-corrected chi connectivity index (χ0v) is 9.93. The van der Waals surface area contributed by atoms with E-state index in [9.17, 15) is 18.3 Å². The Morgan fingerprint density at radius 3 is 2.26 bits per heavy atom. The van der Waals surface area contributed by atoms with E-state index in [4.69, 9.17) is 0 Å². The van der Waals surface area contributed by atoms with Crippen LogP contribution in [0.4, 0.5) is 13.2 Å². The Morgan fingerprint density at radius 1 is 1.05 bits per heavy atom. The van der Waals surface area contributed by atoms with Gasteiger partial charge in [0.2, 0.25) is 0 Å². The summed E-state index contributed by atoms with van der Waals surface area (Å²) >= 11 is 0. The highest BCUT2D eigenvalue weighted by molar-refractivity contribution is 5.26. The summed E-state index contributed by atoms with van der Waals surface area (Å²) in [6, 6.07) is 9.82. The van der Waals surface area contributed by atoms with E-state index in [2.05, 4.69) is 4.98 Å². The molecule has 1 aromatic carbocycles. The zero-order chi connectivity index (χ0) is 13.9. The molecule has 0 aliphatic carbocycles. The molecule has 2 aromatic rings. The summed E-state index contributed by atoms with van der Waals surface area (Å²) in [5, 5.41) is 9.95. The van der Waals surface area contributed by atoms with Crippen LogP contribution in [0.2, 0.25) is 0 Å². The molecule has 0 bridgehead atoms. The second-order valence-corrected chi connectivity index (χ2v) is 4.16. The lowest BCUT2D eigenvalue weighted by Gasteiger charge is -2.12. The van der Waals surface area contributed by atoms with Gasteiger partial charge >= 0.3 is 6.18 Å². The van der Waals surface area contributed by atoms with Gasteiger partial charge < -0.3 is 5.11 Å². The lowest BCUT2D eigenvalue weighted by Crippen LogP contribution is -2.07. The molecule has 0 amide bonds. The number of hydrogen-bond acceptors (Lipinski definition) is 2. The molecule has 100 valence electrons. The van der Waals surface area contributed by atoms with Gasteiger partial charge in [-0.1, -0.05) is 18.2 Å². The summed E-state index contributed by atoms with van der Waals surface area (Å²) in [5.74, 6) is 0. The summed E-state index contributed by atoms with van der Waals surface area (Å²) < 4.78 is 37.2. The standard InChI is InChI=1S/C14H12F3NO/c15-14(16,17)11-6-4-10(5-7-11)13(19)9-12-3-1-2-8-18-12/h1-8,13,19H,9H2. The van der Waals surface area contributed by atoms with Gasteiger partial charge in [-0.3, -0.25) is 4.98 Å². The van der Waals surface area contributed by atoms with Crippen LogP contribution in [-0.4, -0.2) is 10.1 Å². The lowest BCUT2D eigenvalue weighted by molar-refractivity contribution is -0.137. The maximum Gasteiger partial charge on any atom is 0.416 e. The second-order valence-electron chi connectivity index (χ2n) is 4.16. The Hall–Kier alpha value is -1.88. The van der Waals surface area contributed by atoms with Crippen molar-refractivity contribution in [2.45, 2.75) is 18.7 Å². The molecule has 0 saturated heterocycles. The molecule has 1 unspecified atom stereocenters. The molecule has 0 aliphatic rings. The van der Waals surface area contributed by atoms with Crippen LogP contribution in [0, 0.1) is 0 Å². The van der Waals surface area contributed by atoms with Crippen LogP contribution in [0.1, 0.15) is 22.9 Å². The van der Waals surface area contributed by atoms with Crippen LogP contribution in [0.25, 0.3) is 0 Å². The Bertz CT molecular complexity index is 523. The van der Waals surface area contributed by atoms with E-state index in [1.165, 1.54) is 12.1 Å². The van der Waals surface area contributed by atoms with E-state index < -0.39 is 17.8 Å². The summed E-state index contributed by atoms with van der Waals surface area (Å²) in [6.45, 7) is 0. The Labute approximate surface area is 108 Å². The van der Waals surface area contributed by atoms with Gasteiger partial charge in [0.25, 0.3) is 0 Å². The minimum absolute atomic E-state index is 0.270. The molecule has 0 aliphatic heterocycles. The van der Waals surface area contributed by atoms with Crippen molar-refractivity contribution < 1.29 is 18.3 Å². The van der Waals surface area contributed by atoms with Gasteiger partial charge in [0.05, 0.1) is 11.7 Å². The molecular formula is C14H12F3NO. The highest BCUT2D eigenvalue weighted by Crippen LogP contribution is 2.30. The smallest absolute Gasteiger partial charge is 0.388 e. The highest BCUT2D eigenvalue weighted by Gasteiger charge is 2.30. The molecule has 0 saturated carbocycles. The first kappa shape index (κ1) is 13.5. The fourth-order valence-electron chi connectivity index (χ4n) is 1.73. The molecule has 1 aromatic heterocycles. The van der Waals surface area contributed by atoms with Crippen molar-refractivity contribution in [1.82, 2.24) is 4.98 Å². The SMILES string of the molecule is OC(Cc1ccccn1)c1ccc(C(F)(F)F)cc1. The van der Waals surface area contributed by atoms with Crippen molar-refractivity contribution in [3.8, 4) is 0 Å². The fraction of sp³-hybridized carbons (Fsp3) is 0.214. The number of hydrogen-bond donors (Lipinski definition) is 1. The van der Waals surface area contributed by atoms with Crippen molar-refractivity contribution >= 4 is 0 Å². The van der Waals surface area contributed by atoms with Crippen LogP contribution in [0.3, 0.4) is 0 Å². The van der Waals surface area contributed by atoms with Gasteiger partial charge in [-0.05, 0) is 29.8 Å². The molecular weight excluding hydrogens is 255 g/mol. The molecule has 0 radical (unpaired) electrons. The van der Waals surface area contributed by atoms with E-state index in [0.29, 0.717) is 11.3 Å². The number of nitrogens with zero attached hydrogens (tertiary/aromatic N) is 1. The number of pyridine rings is 1. The summed E-state index contributed by atoms with van der Waals surface area (Å²) in [7, 11) is 0. The number of aromatic nitrogens is 1. The van der Waals surface area contributed by atoms with Crippen molar-refractivity contribution in [3.63, 3.8) is 0 Å². The maximum absolute atomic E-state index is 12.4. The van der Waals surface area contributed by atoms with E-state index in [1.807, 2.05) is 0 Å². The number of alkyl halides is 3. The molecule has 0 spiro atoms. The van der Waals surface area contributed by atoms with E-state index in [0.717, 1.165) is 12.1 Å². The minimum Gasteiger partial charge on any atom is -0.388 e. The zero-order valence-electron chi connectivity index (χ0n) is 9.93. The van der Waals surface area contributed by atoms with Crippen molar-refractivity contribution in [2.75, 3.05) is 0 Å². The molecule has 5 heteroatoms. The largest absolute Gasteiger partial charge is 0.416 e. The Balaban J connectivity index is 2.10. The van der Waals surface area contributed by atoms with Crippen molar-refractivity contribution in [1.29, 1.82) is 0 Å². The third-order valence-electron chi connectivity index (χ3n) is 2.75. The predicted octanol–water partition coefficient (Wildman–Crippen LogP) is 3.38. The molecule has 2 rings (SSSR count). The van der Waals surface area contributed by atoms with Crippen LogP contribution in [-0.2, 0) is 12.6 Å². The number of benzene rings is 1. The molecule has 1 N–H and O–H groups in total. The van der Waals surface area contributed by atoms with Crippen LogP contribution in [0.5, 0.6) is 0 Å². The van der Waals surface area contributed by atoms with Crippen LogP contribution in [0.15, 0.2) is 48.7 Å². The third kappa shape index (κ3) is 3.54. The summed E-state index contributed by atoms with van der Waals surface area (Å²) in [4.78, 5) is 4.06. The second kappa shape index (κ2) is 5.40. The monoisotopic (exact) mass is 267 g/mol. The van der Waals surface area contributed by atoms with Crippen LogP contribution >= 0.6 is 0 Å². The quantitative estimate of drug-likeness (QED) is 0.924. The molecule has 2 nitrogen and oxygen atoms in total.